The van der Waals surface area contributed by atoms with Crippen LogP contribution in [0.3, 0.4) is 0 Å². The molecule has 0 atom stereocenters. The Bertz CT molecular complexity index is 626. The molecule has 6 nitrogen and oxygen atoms in total. The molecule has 1 saturated heterocycles. The topological polar surface area (TPSA) is 84.4 Å². The highest BCUT2D eigenvalue weighted by atomic mass is 32.2. The van der Waals surface area contributed by atoms with Gasteiger partial charge in [-0.3, -0.25) is 4.79 Å². The number of thioether (sulfide) groups is 1. The van der Waals surface area contributed by atoms with Crippen LogP contribution in [-0.4, -0.2) is 46.3 Å². The van der Waals surface area contributed by atoms with E-state index in [0.29, 0.717) is 16.2 Å². The van der Waals surface area contributed by atoms with Crippen LogP contribution >= 0.6 is 11.8 Å². The molecule has 1 aromatic heterocycles. The van der Waals surface area contributed by atoms with Crippen molar-refractivity contribution in [3.8, 4) is 0 Å². The summed E-state index contributed by atoms with van der Waals surface area (Å²) in [6.07, 6.45) is 4.88. The van der Waals surface area contributed by atoms with Crippen LogP contribution in [-0.2, 0) is 9.31 Å². The number of hydrogen-bond donors (Lipinski definition) is 2. The minimum atomic E-state index is -0.686. The number of nitrogens with one attached hydrogen (secondary N) is 1. The van der Waals surface area contributed by atoms with Crippen molar-refractivity contribution in [2.45, 2.75) is 44.1 Å². The number of aromatic amines is 1. The van der Waals surface area contributed by atoms with Gasteiger partial charge in [0.25, 0.3) is 5.56 Å². The molecule has 2 rings (SSSR count). The molecule has 0 radical (unpaired) electrons. The minimum Gasteiger partial charge on any atom is -0.400 e. The lowest BCUT2D eigenvalue weighted by Crippen LogP contribution is -2.41. The molecule has 1 aliphatic heterocycles. The maximum atomic E-state index is 12.0. The molecule has 1 aliphatic rings. The van der Waals surface area contributed by atoms with Gasteiger partial charge >= 0.3 is 7.12 Å². The summed E-state index contributed by atoms with van der Waals surface area (Å²) in [6.45, 7) is 7.47. The molecule has 120 valence electrons. The molecule has 0 aromatic carbocycles. The van der Waals surface area contributed by atoms with Gasteiger partial charge in [-0.2, -0.15) is 0 Å². The zero-order valence-corrected chi connectivity index (χ0v) is 14.3. The van der Waals surface area contributed by atoms with Crippen molar-refractivity contribution in [3.63, 3.8) is 0 Å². The Morgan fingerprint density at radius 2 is 2.00 bits per heavy atom. The Balaban J connectivity index is 2.32. The summed E-state index contributed by atoms with van der Waals surface area (Å²) in [5.41, 5.74) is -0.417. The van der Waals surface area contributed by atoms with E-state index >= 15 is 0 Å². The average Bonchev–Trinajstić information content (AvgIpc) is 2.65. The standard InChI is InChI=1S/C14H21BN2O4S/c1-13(2)14(3,4)21-15(20-13)10(8-18)6-9-7-16-12(22-5)17-11(9)19/h6-7,18H,8H2,1-5H3,(H,16,17,19). The van der Waals surface area contributed by atoms with Crippen molar-refractivity contribution >= 4 is 25.0 Å². The van der Waals surface area contributed by atoms with Gasteiger partial charge in [0.15, 0.2) is 5.16 Å². The summed E-state index contributed by atoms with van der Waals surface area (Å²) in [7, 11) is -0.686. The van der Waals surface area contributed by atoms with Crippen LogP contribution in [0.1, 0.15) is 33.3 Å². The Hall–Kier alpha value is -1.09. The number of aromatic nitrogens is 2. The number of aliphatic hydroxyl groups excluding tert-OH is 1. The maximum Gasteiger partial charge on any atom is 0.492 e. The summed E-state index contributed by atoms with van der Waals surface area (Å²) in [6, 6.07) is 0. The summed E-state index contributed by atoms with van der Waals surface area (Å²) in [4.78, 5) is 18.8. The molecule has 0 spiro atoms. The van der Waals surface area contributed by atoms with Crippen molar-refractivity contribution in [2.24, 2.45) is 0 Å². The molecule has 1 aromatic rings. The smallest absolute Gasteiger partial charge is 0.400 e. The predicted molar refractivity (Wildman–Crippen MR) is 87.8 cm³/mol. The zero-order valence-electron chi connectivity index (χ0n) is 13.5. The SMILES string of the molecule is CSc1ncc(C=C(CO)B2OC(C)(C)C(C)(C)O2)c(=O)[nH]1. The van der Waals surface area contributed by atoms with Crippen molar-refractivity contribution in [1.82, 2.24) is 9.97 Å². The molecule has 0 bridgehead atoms. The number of nitrogens with zero attached hydrogens (tertiary/aromatic N) is 1. The fraction of sp³-hybridized carbons (Fsp3) is 0.571. The molecule has 1 fully saturated rings. The van der Waals surface area contributed by atoms with E-state index in [-0.39, 0.29) is 12.2 Å². The lowest BCUT2D eigenvalue weighted by atomic mass is 9.78. The van der Waals surface area contributed by atoms with E-state index in [1.165, 1.54) is 18.0 Å². The Labute approximate surface area is 134 Å². The molecule has 0 unspecified atom stereocenters. The second-order valence-electron chi connectivity index (χ2n) is 6.14. The predicted octanol–water partition coefficient (Wildman–Crippen LogP) is 1.50. The number of H-pyrrole nitrogens is 1. The second-order valence-corrected chi connectivity index (χ2v) is 6.94. The van der Waals surface area contributed by atoms with E-state index < -0.39 is 18.3 Å². The Kier molecular flexibility index (Phi) is 4.86. The van der Waals surface area contributed by atoms with Crippen molar-refractivity contribution in [1.29, 1.82) is 0 Å². The van der Waals surface area contributed by atoms with Gasteiger partial charge < -0.3 is 19.4 Å². The molecule has 22 heavy (non-hydrogen) atoms. The number of hydrogen-bond acceptors (Lipinski definition) is 6. The van der Waals surface area contributed by atoms with Gasteiger partial charge in [0.05, 0.1) is 23.4 Å². The highest BCUT2D eigenvalue weighted by Gasteiger charge is 2.52. The first-order valence-corrected chi connectivity index (χ1v) is 8.23. The Morgan fingerprint density at radius 1 is 1.41 bits per heavy atom. The van der Waals surface area contributed by atoms with Gasteiger partial charge in [0, 0.05) is 6.20 Å². The van der Waals surface area contributed by atoms with Crippen molar-refractivity contribution in [2.75, 3.05) is 12.9 Å². The van der Waals surface area contributed by atoms with E-state index in [4.69, 9.17) is 9.31 Å². The van der Waals surface area contributed by atoms with Gasteiger partial charge in [-0.15, -0.1) is 0 Å². The molecule has 2 N–H and O–H groups in total. The van der Waals surface area contributed by atoms with Crippen LogP contribution < -0.4 is 5.56 Å². The monoisotopic (exact) mass is 324 g/mol. The van der Waals surface area contributed by atoms with E-state index in [9.17, 15) is 9.90 Å². The van der Waals surface area contributed by atoms with Gasteiger partial charge in [-0.1, -0.05) is 11.8 Å². The Morgan fingerprint density at radius 3 is 2.45 bits per heavy atom. The van der Waals surface area contributed by atoms with Crippen LogP contribution in [0.25, 0.3) is 6.08 Å². The number of rotatable bonds is 4. The third-order valence-electron chi connectivity index (χ3n) is 4.08. The third kappa shape index (κ3) is 3.30. The molecular weight excluding hydrogens is 303 g/mol. The third-order valence-corrected chi connectivity index (χ3v) is 4.67. The first-order valence-electron chi connectivity index (χ1n) is 7.00. The molecule has 0 aliphatic carbocycles. The first-order chi connectivity index (χ1) is 10.2. The summed E-state index contributed by atoms with van der Waals surface area (Å²) >= 11 is 1.35. The highest BCUT2D eigenvalue weighted by Crippen LogP contribution is 2.38. The van der Waals surface area contributed by atoms with Gasteiger partial charge in [0.2, 0.25) is 0 Å². The van der Waals surface area contributed by atoms with Crippen LogP contribution in [0.15, 0.2) is 21.6 Å². The maximum absolute atomic E-state index is 12.0. The van der Waals surface area contributed by atoms with Gasteiger partial charge in [0.1, 0.15) is 0 Å². The molecule has 2 heterocycles. The average molecular weight is 324 g/mol. The molecular formula is C14H21BN2O4S. The van der Waals surface area contributed by atoms with E-state index in [1.807, 2.05) is 34.0 Å². The van der Waals surface area contributed by atoms with Crippen molar-refractivity contribution in [3.05, 3.63) is 27.6 Å². The van der Waals surface area contributed by atoms with Crippen LogP contribution in [0.4, 0.5) is 0 Å². The van der Waals surface area contributed by atoms with E-state index in [0.717, 1.165) is 0 Å². The van der Waals surface area contributed by atoms with Gasteiger partial charge in [-0.05, 0) is 45.5 Å². The summed E-state index contributed by atoms with van der Waals surface area (Å²) < 4.78 is 11.8. The normalized spacial score (nSPS) is 20.5. The van der Waals surface area contributed by atoms with Crippen LogP contribution in [0, 0.1) is 0 Å². The fourth-order valence-corrected chi connectivity index (χ4v) is 2.33. The number of aliphatic hydroxyl groups is 1. The largest absolute Gasteiger partial charge is 0.492 e. The quantitative estimate of drug-likeness (QED) is 0.496. The lowest BCUT2D eigenvalue weighted by molar-refractivity contribution is 0.00578. The van der Waals surface area contributed by atoms with Crippen LogP contribution in [0.2, 0.25) is 0 Å². The zero-order chi connectivity index (χ0) is 16.5. The molecule has 0 saturated carbocycles. The fourth-order valence-electron chi connectivity index (χ4n) is 1.98. The summed E-state index contributed by atoms with van der Waals surface area (Å²) in [5, 5.41) is 10.2. The van der Waals surface area contributed by atoms with E-state index in [1.54, 1.807) is 6.08 Å². The van der Waals surface area contributed by atoms with Crippen LogP contribution in [0.5, 0.6) is 0 Å². The van der Waals surface area contributed by atoms with Gasteiger partial charge in [-0.25, -0.2) is 4.98 Å². The molecule has 8 heteroatoms. The summed E-state index contributed by atoms with van der Waals surface area (Å²) in [5.74, 6) is 0. The second kappa shape index (κ2) is 6.19. The highest BCUT2D eigenvalue weighted by molar-refractivity contribution is 7.98. The lowest BCUT2D eigenvalue weighted by Gasteiger charge is -2.32. The molecule has 0 amide bonds. The minimum absolute atomic E-state index is 0.262. The first kappa shape index (κ1) is 17.3. The van der Waals surface area contributed by atoms with Crippen molar-refractivity contribution < 1.29 is 14.4 Å². The van der Waals surface area contributed by atoms with E-state index in [2.05, 4.69) is 9.97 Å².